The van der Waals surface area contributed by atoms with Crippen molar-refractivity contribution in [1.29, 1.82) is 0 Å². The van der Waals surface area contributed by atoms with Crippen LogP contribution in [0.5, 0.6) is 0 Å². The van der Waals surface area contributed by atoms with Crippen molar-refractivity contribution in [3.63, 3.8) is 0 Å². The quantitative estimate of drug-likeness (QED) is 0.604. The van der Waals surface area contributed by atoms with Crippen LogP contribution in [-0.2, 0) is 11.4 Å². The van der Waals surface area contributed by atoms with Gasteiger partial charge < -0.3 is 14.9 Å². The lowest BCUT2D eigenvalue weighted by Gasteiger charge is -2.34. The highest BCUT2D eigenvalue weighted by Crippen LogP contribution is 2.32. The van der Waals surface area contributed by atoms with E-state index in [0.717, 1.165) is 19.4 Å². The second kappa shape index (κ2) is 8.80. The van der Waals surface area contributed by atoms with Crippen molar-refractivity contribution in [1.82, 2.24) is 4.90 Å². The smallest absolute Gasteiger partial charge is 0.292 e. The van der Waals surface area contributed by atoms with E-state index in [1.54, 1.807) is 17.0 Å². The molecule has 1 saturated heterocycles. The van der Waals surface area contributed by atoms with Gasteiger partial charge in [-0.1, -0.05) is 13.3 Å². The van der Waals surface area contributed by atoms with Gasteiger partial charge in [-0.15, -0.1) is 0 Å². The van der Waals surface area contributed by atoms with Crippen molar-refractivity contribution in [2.24, 2.45) is 5.92 Å². The number of carbonyl (C=O) groups excluding carboxylic acids is 1. The van der Waals surface area contributed by atoms with Gasteiger partial charge in [-0.05, 0) is 37.0 Å². The molecule has 1 N–H and O–H groups in total. The molecule has 1 heterocycles. The van der Waals surface area contributed by atoms with Gasteiger partial charge in [0.25, 0.3) is 5.69 Å². The molecule has 138 valence electrons. The summed E-state index contributed by atoms with van der Waals surface area (Å²) in [7, 11) is 1.85. The van der Waals surface area contributed by atoms with Gasteiger partial charge in [0.05, 0.1) is 11.5 Å². The van der Waals surface area contributed by atoms with Crippen molar-refractivity contribution in [2.75, 3.05) is 31.6 Å². The summed E-state index contributed by atoms with van der Waals surface area (Å²) in [5.74, 6) is 0.157. The van der Waals surface area contributed by atoms with Crippen LogP contribution in [0, 0.1) is 16.0 Å². The van der Waals surface area contributed by atoms with E-state index in [4.69, 9.17) is 0 Å². The Morgan fingerprint density at radius 2 is 2.08 bits per heavy atom. The summed E-state index contributed by atoms with van der Waals surface area (Å²) in [5.41, 5.74) is 1.22. The standard InChI is InChI=1S/C18H27N3O4/c1-3-4-9-19(2)18(23)15-7-10-20(11-8-15)17-12-14(13-22)5-6-16(17)21(24)25/h5-6,12,15,22H,3-4,7-11,13H2,1-2H3. The lowest BCUT2D eigenvalue weighted by molar-refractivity contribution is -0.384. The Morgan fingerprint density at radius 3 is 2.64 bits per heavy atom. The molecule has 1 aromatic carbocycles. The van der Waals surface area contributed by atoms with Gasteiger partial charge in [0, 0.05) is 38.7 Å². The average Bonchev–Trinajstić information content (AvgIpc) is 2.64. The largest absolute Gasteiger partial charge is 0.392 e. The van der Waals surface area contributed by atoms with Crippen LogP contribution >= 0.6 is 0 Å². The molecule has 7 heteroatoms. The Balaban J connectivity index is 2.04. The molecule has 0 aromatic heterocycles. The number of nitro benzene ring substituents is 1. The highest BCUT2D eigenvalue weighted by molar-refractivity contribution is 5.79. The molecule has 1 aromatic rings. The SMILES string of the molecule is CCCCN(C)C(=O)C1CCN(c2cc(CO)ccc2[N+](=O)[O-])CC1. The van der Waals surface area contributed by atoms with Crippen LogP contribution < -0.4 is 4.90 Å². The van der Waals surface area contributed by atoms with Crippen LogP contribution in [-0.4, -0.2) is 47.5 Å². The fourth-order valence-electron chi connectivity index (χ4n) is 3.26. The van der Waals surface area contributed by atoms with Gasteiger partial charge in [-0.2, -0.15) is 0 Å². The van der Waals surface area contributed by atoms with Gasteiger partial charge in [0.15, 0.2) is 0 Å². The van der Waals surface area contributed by atoms with Gasteiger partial charge >= 0.3 is 0 Å². The van der Waals surface area contributed by atoms with Crippen LogP contribution in [0.2, 0.25) is 0 Å². The van der Waals surface area contributed by atoms with Crippen molar-refractivity contribution in [3.8, 4) is 0 Å². The molecule has 25 heavy (non-hydrogen) atoms. The number of nitro groups is 1. The number of hydrogen-bond donors (Lipinski definition) is 1. The van der Waals surface area contributed by atoms with E-state index in [1.165, 1.54) is 6.07 Å². The van der Waals surface area contributed by atoms with E-state index in [2.05, 4.69) is 6.92 Å². The molecule has 0 bridgehead atoms. The predicted molar refractivity (Wildman–Crippen MR) is 96.5 cm³/mol. The zero-order chi connectivity index (χ0) is 18.4. The number of amides is 1. The summed E-state index contributed by atoms with van der Waals surface area (Å²) >= 11 is 0. The first-order valence-corrected chi connectivity index (χ1v) is 8.86. The van der Waals surface area contributed by atoms with Crippen LogP contribution in [0.4, 0.5) is 11.4 Å². The number of unbranched alkanes of at least 4 members (excludes halogenated alkanes) is 1. The number of anilines is 1. The molecule has 1 fully saturated rings. The fraction of sp³-hybridized carbons (Fsp3) is 0.611. The third-order valence-corrected chi connectivity index (χ3v) is 4.83. The minimum atomic E-state index is -0.397. The number of piperidine rings is 1. The molecule has 0 aliphatic carbocycles. The first kappa shape index (κ1) is 19.2. The third kappa shape index (κ3) is 4.69. The number of aliphatic hydroxyl groups excluding tert-OH is 1. The molecule has 1 amide bonds. The number of rotatable bonds is 7. The topological polar surface area (TPSA) is 86.9 Å². The monoisotopic (exact) mass is 349 g/mol. The summed E-state index contributed by atoms with van der Waals surface area (Å²) in [6.07, 6.45) is 3.44. The number of benzene rings is 1. The summed E-state index contributed by atoms with van der Waals surface area (Å²) in [6.45, 7) is 3.94. The Hall–Kier alpha value is -2.15. The second-order valence-corrected chi connectivity index (χ2v) is 6.61. The minimum Gasteiger partial charge on any atom is -0.392 e. The Kier molecular flexibility index (Phi) is 6.75. The number of carbonyl (C=O) groups is 1. The molecule has 2 rings (SSSR count). The molecule has 0 unspecified atom stereocenters. The number of aliphatic hydroxyl groups is 1. The molecular formula is C18H27N3O4. The minimum absolute atomic E-state index is 0.0156. The van der Waals surface area contributed by atoms with E-state index in [0.29, 0.717) is 37.2 Å². The van der Waals surface area contributed by atoms with Crippen LogP contribution in [0.3, 0.4) is 0 Å². The first-order valence-electron chi connectivity index (χ1n) is 8.86. The van der Waals surface area contributed by atoms with Gasteiger partial charge in [0.1, 0.15) is 5.69 Å². The van der Waals surface area contributed by atoms with Crippen molar-refractivity contribution >= 4 is 17.3 Å². The Labute approximate surface area is 148 Å². The average molecular weight is 349 g/mol. The van der Waals surface area contributed by atoms with E-state index in [1.807, 2.05) is 11.9 Å². The van der Waals surface area contributed by atoms with Crippen LogP contribution in [0.25, 0.3) is 0 Å². The van der Waals surface area contributed by atoms with Crippen LogP contribution in [0.15, 0.2) is 18.2 Å². The fourth-order valence-corrected chi connectivity index (χ4v) is 3.26. The highest BCUT2D eigenvalue weighted by Gasteiger charge is 2.29. The second-order valence-electron chi connectivity index (χ2n) is 6.61. The number of nitrogens with zero attached hydrogens (tertiary/aromatic N) is 3. The molecule has 1 aliphatic heterocycles. The predicted octanol–water partition coefficient (Wildman–Crippen LogP) is 2.56. The maximum Gasteiger partial charge on any atom is 0.292 e. The maximum atomic E-state index is 12.5. The maximum absolute atomic E-state index is 12.5. The van der Waals surface area contributed by atoms with Crippen molar-refractivity contribution in [3.05, 3.63) is 33.9 Å². The molecule has 1 aliphatic rings. The van der Waals surface area contributed by atoms with E-state index < -0.39 is 4.92 Å². The van der Waals surface area contributed by atoms with Gasteiger partial charge in [-0.25, -0.2) is 0 Å². The van der Waals surface area contributed by atoms with Crippen molar-refractivity contribution in [2.45, 2.75) is 39.2 Å². The first-order chi connectivity index (χ1) is 12.0. The van der Waals surface area contributed by atoms with Crippen LogP contribution in [0.1, 0.15) is 38.2 Å². The van der Waals surface area contributed by atoms with E-state index >= 15 is 0 Å². The Morgan fingerprint density at radius 1 is 1.40 bits per heavy atom. The molecule has 0 spiro atoms. The van der Waals surface area contributed by atoms with Gasteiger partial charge in [-0.3, -0.25) is 14.9 Å². The summed E-state index contributed by atoms with van der Waals surface area (Å²) in [5, 5.41) is 20.6. The highest BCUT2D eigenvalue weighted by atomic mass is 16.6. The van der Waals surface area contributed by atoms with E-state index in [9.17, 15) is 20.0 Å². The molecule has 0 saturated carbocycles. The lowest BCUT2D eigenvalue weighted by atomic mass is 9.94. The molecule has 0 atom stereocenters. The number of hydrogen-bond acceptors (Lipinski definition) is 5. The van der Waals surface area contributed by atoms with E-state index in [-0.39, 0.29) is 24.1 Å². The third-order valence-electron chi connectivity index (χ3n) is 4.83. The lowest BCUT2D eigenvalue weighted by Crippen LogP contribution is -2.41. The summed E-state index contributed by atoms with van der Waals surface area (Å²) < 4.78 is 0. The summed E-state index contributed by atoms with van der Waals surface area (Å²) in [4.78, 5) is 27.1. The Bertz CT molecular complexity index is 612. The normalized spacial score (nSPS) is 15.2. The van der Waals surface area contributed by atoms with Gasteiger partial charge in [0.2, 0.25) is 5.91 Å². The molecule has 7 nitrogen and oxygen atoms in total. The summed E-state index contributed by atoms with van der Waals surface area (Å²) in [6, 6.07) is 4.69. The zero-order valence-corrected chi connectivity index (χ0v) is 15.0. The molecule has 0 radical (unpaired) electrons. The van der Waals surface area contributed by atoms with Crippen molar-refractivity contribution < 1.29 is 14.8 Å². The zero-order valence-electron chi connectivity index (χ0n) is 15.0. The molecular weight excluding hydrogens is 322 g/mol.